The van der Waals surface area contributed by atoms with Gasteiger partial charge in [0.25, 0.3) is 0 Å². The second-order valence-corrected chi connectivity index (χ2v) is 9.53. The number of aliphatic hydroxyl groups is 1. The van der Waals surface area contributed by atoms with Crippen LogP contribution in [0.2, 0.25) is 0 Å². The molecule has 1 unspecified atom stereocenters. The van der Waals surface area contributed by atoms with Gasteiger partial charge < -0.3 is 5.11 Å². The Morgan fingerprint density at radius 1 is 1.24 bits per heavy atom. The van der Waals surface area contributed by atoms with Crippen LogP contribution in [0.5, 0.6) is 0 Å². The number of benzene rings is 1. The molecule has 1 aromatic rings. The molecule has 0 spiro atoms. The Morgan fingerprint density at radius 2 is 1.81 bits per heavy atom. The fourth-order valence-electron chi connectivity index (χ4n) is 2.37. The Bertz CT molecular complexity index is 696. The quantitative estimate of drug-likeness (QED) is 0.858. The smallest absolute Gasteiger partial charge is 0.235 e. The fraction of sp³-hybridized carbons (Fsp3) is 0.538. The van der Waals surface area contributed by atoms with Crippen LogP contribution in [-0.2, 0) is 19.9 Å². The summed E-state index contributed by atoms with van der Waals surface area (Å²) in [6.07, 6.45) is -0.584. The zero-order chi connectivity index (χ0) is 15.7. The largest absolute Gasteiger partial charge is 0.389 e. The van der Waals surface area contributed by atoms with Crippen molar-refractivity contribution in [3.8, 4) is 0 Å². The van der Waals surface area contributed by atoms with Crippen molar-refractivity contribution in [3.05, 3.63) is 29.8 Å². The Kier molecular flexibility index (Phi) is 4.60. The maximum Gasteiger partial charge on any atom is 0.235 e. The lowest BCUT2D eigenvalue weighted by Gasteiger charge is -2.23. The van der Waals surface area contributed by atoms with Crippen molar-refractivity contribution in [2.24, 2.45) is 0 Å². The van der Waals surface area contributed by atoms with Crippen molar-refractivity contribution in [2.75, 3.05) is 16.2 Å². The van der Waals surface area contributed by atoms with Gasteiger partial charge in [-0.15, -0.1) is 0 Å². The first-order valence-corrected chi connectivity index (χ1v) is 10.1. The first kappa shape index (κ1) is 16.3. The van der Waals surface area contributed by atoms with E-state index in [1.807, 2.05) is 0 Å². The van der Waals surface area contributed by atoms with Gasteiger partial charge in [-0.05, 0) is 25.8 Å². The molecule has 0 amide bonds. The van der Waals surface area contributed by atoms with Gasteiger partial charge in [0.15, 0.2) is 0 Å². The van der Waals surface area contributed by atoms with E-state index in [0.717, 1.165) is 0 Å². The highest BCUT2D eigenvalue weighted by Gasteiger charge is 2.33. The number of hydrogen-bond donors (Lipinski definition) is 2. The molecule has 0 aromatic heterocycles. The summed E-state index contributed by atoms with van der Waals surface area (Å²) in [4.78, 5) is 0. The number of sulfone groups is 1. The van der Waals surface area contributed by atoms with Crippen molar-refractivity contribution < 1.29 is 21.9 Å². The molecule has 2 rings (SSSR count). The van der Waals surface area contributed by atoms with Crippen molar-refractivity contribution >= 4 is 25.5 Å². The Morgan fingerprint density at radius 3 is 2.38 bits per heavy atom. The highest BCUT2D eigenvalue weighted by atomic mass is 32.2. The Balaban J connectivity index is 2.19. The van der Waals surface area contributed by atoms with Gasteiger partial charge >= 0.3 is 0 Å². The van der Waals surface area contributed by atoms with Gasteiger partial charge in [0.2, 0.25) is 10.0 Å². The van der Waals surface area contributed by atoms with Crippen LogP contribution in [0.4, 0.5) is 5.69 Å². The monoisotopic (exact) mass is 333 g/mol. The third kappa shape index (κ3) is 3.96. The summed E-state index contributed by atoms with van der Waals surface area (Å²) in [5, 5.41) is 8.95. The van der Waals surface area contributed by atoms with Gasteiger partial charge in [-0.1, -0.05) is 18.2 Å². The van der Waals surface area contributed by atoms with E-state index in [0.29, 0.717) is 11.3 Å². The molecular weight excluding hydrogens is 314 g/mol. The summed E-state index contributed by atoms with van der Waals surface area (Å²) in [6.45, 7) is 1.56. The number of para-hydroxylation sites is 1. The van der Waals surface area contributed by atoms with Gasteiger partial charge in [-0.2, -0.15) is 0 Å². The average molecular weight is 333 g/mol. The minimum Gasteiger partial charge on any atom is -0.389 e. The minimum absolute atomic E-state index is 0.101. The molecule has 1 atom stereocenters. The Hall–Kier alpha value is -1.12. The second kappa shape index (κ2) is 5.94. The van der Waals surface area contributed by atoms with Crippen LogP contribution in [0.1, 0.15) is 31.4 Å². The predicted molar refractivity (Wildman–Crippen MR) is 81.3 cm³/mol. The highest BCUT2D eigenvalue weighted by molar-refractivity contribution is 7.94. The molecule has 1 saturated heterocycles. The molecular formula is C13H19NO5S2. The molecule has 21 heavy (non-hydrogen) atoms. The summed E-state index contributed by atoms with van der Waals surface area (Å²) in [6, 6.07) is 6.62. The molecule has 0 saturated carbocycles. The molecule has 1 aromatic carbocycles. The van der Waals surface area contributed by atoms with Gasteiger partial charge in [-0.3, -0.25) is 4.72 Å². The van der Waals surface area contributed by atoms with Crippen LogP contribution in [-0.4, -0.2) is 38.7 Å². The third-order valence-electron chi connectivity index (χ3n) is 3.60. The van der Waals surface area contributed by atoms with E-state index in [2.05, 4.69) is 4.72 Å². The molecule has 0 aliphatic carbocycles. The molecule has 118 valence electrons. The van der Waals surface area contributed by atoms with Crippen LogP contribution in [0.15, 0.2) is 24.3 Å². The number of nitrogens with one attached hydrogen (secondary N) is 1. The molecule has 0 bridgehead atoms. The van der Waals surface area contributed by atoms with Crippen molar-refractivity contribution in [3.63, 3.8) is 0 Å². The molecule has 1 aliphatic rings. The molecule has 1 fully saturated rings. The zero-order valence-corrected chi connectivity index (χ0v) is 13.3. The van der Waals surface area contributed by atoms with Crippen LogP contribution >= 0.6 is 0 Å². The third-order valence-corrected chi connectivity index (χ3v) is 7.17. The average Bonchev–Trinajstić information content (AvgIpc) is 2.38. The standard InChI is InChI=1S/C13H19NO5S2/c1-10(15)12-4-2-3-5-13(12)14-21(18,19)11-6-8-20(16,17)9-7-11/h2-5,10-11,14-15H,6-9H2,1H3. The van der Waals surface area contributed by atoms with Crippen LogP contribution in [0, 0.1) is 0 Å². The molecule has 1 aliphatic heterocycles. The van der Waals surface area contributed by atoms with Crippen molar-refractivity contribution in [1.82, 2.24) is 0 Å². The predicted octanol–water partition coefficient (Wildman–Crippen LogP) is 1.06. The number of sulfonamides is 1. The lowest BCUT2D eigenvalue weighted by atomic mass is 10.1. The fourth-order valence-corrected chi connectivity index (χ4v) is 5.67. The van der Waals surface area contributed by atoms with E-state index in [4.69, 9.17) is 0 Å². The SMILES string of the molecule is CC(O)c1ccccc1NS(=O)(=O)C1CCS(=O)(=O)CC1. The number of aliphatic hydroxyl groups excluding tert-OH is 1. The zero-order valence-electron chi connectivity index (χ0n) is 11.7. The van der Waals surface area contributed by atoms with E-state index < -0.39 is 31.2 Å². The van der Waals surface area contributed by atoms with Crippen molar-refractivity contribution in [2.45, 2.75) is 31.1 Å². The van der Waals surface area contributed by atoms with Gasteiger partial charge in [-0.25, -0.2) is 16.8 Å². The highest BCUT2D eigenvalue weighted by Crippen LogP contribution is 2.26. The molecule has 6 nitrogen and oxygen atoms in total. The van der Waals surface area contributed by atoms with E-state index in [1.54, 1.807) is 31.2 Å². The lowest BCUT2D eigenvalue weighted by Crippen LogP contribution is -2.36. The molecule has 0 radical (unpaired) electrons. The first-order valence-electron chi connectivity index (χ1n) is 6.70. The number of anilines is 1. The minimum atomic E-state index is -3.67. The van der Waals surface area contributed by atoms with E-state index in [-0.39, 0.29) is 24.3 Å². The summed E-state index contributed by atoms with van der Waals surface area (Å²) >= 11 is 0. The van der Waals surface area contributed by atoms with Crippen molar-refractivity contribution in [1.29, 1.82) is 0 Å². The van der Waals surface area contributed by atoms with E-state index in [1.165, 1.54) is 0 Å². The lowest BCUT2D eigenvalue weighted by molar-refractivity contribution is 0.200. The summed E-state index contributed by atoms with van der Waals surface area (Å²) in [5.41, 5.74) is 0.824. The Labute approximate surface area is 125 Å². The maximum absolute atomic E-state index is 12.4. The van der Waals surface area contributed by atoms with E-state index in [9.17, 15) is 21.9 Å². The second-order valence-electron chi connectivity index (χ2n) is 5.26. The van der Waals surface area contributed by atoms with Gasteiger partial charge in [0.1, 0.15) is 9.84 Å². The van der Waals surface area contributed by atoms with Crippen LogP contribution in [0.3, 0.4) is 0 Å². The first-order chi connectivity index (χ1) is 9.71. The van der Waals surface area contributed by atoms with Crippen LogP contribution in [0.25, 0.3) is 0 Å². The van der Waals surface area contributed by atoms with Crippen LogP contribution < -0.4 is 4.72 Å². The number of hydrogen-bond acceptors (Lipinski definition) is 5. The van der Waals surface area contributed by atoms with Gasteiger partial charge in [0, 0.05) is 5.56 Å². The molecule has 8 heteroatoms. The summed E-state index contributed by atoms with van der Waals surface area (Å²) in [5.74, 6) is -0.201. The van der Waals surface area contributed by atoms with Gasteiger partial charge in [0.05, 0.1) is 28.5 Å². The molecule has 2 N–H and O–H groups in total. The number of rotatable bonds is 4. The summed E-state index contributed by atoms with van der Waals surface area (Å²) < 4.78 is 49.9. The molecule has 1 heterocycles. The van der Waals surface area contributed by atoms with E-state index >= 15 is 0 Å². The summed E-state index contributed by atoms with van der Waals surface area (Å²) in [7, 11) is -6.77. The normalized spacial score (nSPS) is 20.9. The maximum atomic E-state index is 12.4. The topological polar surface area (TPSA) is 101 Å².